The first-order chi connectivity index (χ1) is 7.67. The van der Waals surface area contributed by atoms with Gasteiger partial charge in [-0.05, 0) is 24.6 Å². The van der Waals surface area contributed by atoms with Gasteiger partial charge in [-0.2, -0.15) is 0 Å². The van der Waals surface area contributed by atoms with Gasteiger partial charge in [-0.1, -0.05) is 13.0 Å². The molecule has 1 rings (SSSR count). The van der Waals surface area contributed by atoms with Crippen molar-refractivity contribution in [2.24, 2.45) is 0 Å². The lowest BCUT2D eigenvalue weighted by molar-refractivity contribution is 0.0913. The van der Waals surface area contributed by atoms with Crippen molar-refractivity contribution >= 4 is 5.91 Å². The highest BCUT2D eigenvalue weighted by Gasteiger charge is 2.08. The fourth-order valence-electron chi connectivity index (χ4n) is 1.22. The Labute approximate surface area is 95.2 Å². The minimum Gasteiger partial charge on any atom is -0.497 e. The molecule has 0 bridgehead atoms. The van der Waals surface area contributed by atoms with E-state index in [0.29, 0.717) is 17.7 Å². The van der Waals surface area contributed by atoms with Gasteiger partial charge in [0.25, 0.3) is 5.91 Å². The molecule has 0 aliphatic heterocycles. The van der Waals surface area contributed by atoms with Gasteiger partial charge in [0.15, 0.2) is 0 Å². The summed E-state index contributed by atoms with van der Waals surface area (Å²) in [4.78, 5) is 11.7. The number of ether oxygens (including phenoxy) is 1. The van der Waals surface area contributed by atoms with Crippen LogP contribution < -0.4 is 10.1 Å². The van der Waals surface area contributed by atoms with Crippen LogP contribution in [0.15, 0.2) is 24.3 Å². The predicted octanol–water partition coefficient (Wildman–Crippen LogP) is 1.20. The number of rotatable bonds is 5. The minimum absolute atomic E-state index is 0.202. The number of carbonyl (C=O) groups excluding carboxylic acids is 1. The molecular weight excluding hydrogens is 206 g/mol. The van der Waals surface area contributed by atoms with Crippen molar-refractivity contribution in [3.63, 3.8) is 0 Å². The Kier molecular flexibility index (Phi) is 4.79. The highest BCUT2D eigenvalue weighted by Crippen LogP contribution is 2.12. The highest BCUT2D eigenvalue weighted by atomic mass is 16.5. The summed E-state index contributed by atoms with van der Waals surface area (Å²) in [5.74, 6) is 0.440. The molecule has 0 fully saturated rings. The standard InChI is InChI=1S/C12H17NO3/c1-3-10(14)8-13-12(15)9-5-4-6-11(7-9)16-2/h4-7,10,14H,3,8H2,1-2H3,(H,13,15). The van der Waals surface area contributed by atoms with E-state index in [1.807, 2.05) is 6.92 Å². The molecule has 0 aliphatic rings. The number of aliphatic hydroxyl groups is 1. The van der Waals surface area contributed by atoms with E-state index in [9.17, 15) is 9.90 Å². The number of hydrogen-bond donors (Lipinski definition) is 2. The van der Waals surface area contributed by atoms with Crippen molar-refractivity contribution in [3.05, 3.63) is 29.8 Å². The van der Waals surface area contributed by atoms with Crippen LogP contribution in [-0.2, 0) is 0 Å². The van der Waals surface area contributed by atoms with E-state index in [0.717, 1.165) is 0 Å². The summed E-state index contributed by atoms with van der Waals surface area (Å²) in [5, 5.41) is 12.0. The van der Waals surface area contributed by atoms with E-state index < -0.39 is 6.10 Å². The third-order valence-corrected chi connectivity index (χ3v) is 2.30. The Balaban J connectivity index is 2.58. The van der Waals surface area contributed by atoms with Gasteiger partial charge in [0.2, 0.25) is 0 Å². The second-order valence-corrected chi connectivity index (χ2v) is 3.50. The van der Waals surface area contributed by atoms with Crippen LogP contribution in [-0.4, -0.2) is 30.8 Å². The van der Waals surface area contributed by atoms with Crippen LogP contribution in [0.2, 0.25) is 0 Å². The Morgan fingerprint density at radius 3 is 2.94 bits per heavy atom. The van der Waals surface area contributed by atoms with Crippen molar-refractivity contribution in [1.82, 2.24) is 5.32 Å². The van der Waals surface area contributed by atoms with E-state index >= 15 is 0 Å². The molecule has 4 nitrogen and oxygen atoms in total. The molecule has 16 heavy (non-hydrogen) atoms. The molecule has 0 saturated carbocycles. The maximum absolute atomic E-state index is 11.7. The molecule has 1 aromatic rings. The summed E-state index contributed by atoms with van der Waals surface area (Å²) in [6, 6.07) is 6.89. The first-order valence-corrected chi connectivity index (χ1v) is 5.27. The molecule has 1 atom stereocenters. The van der Waals surface area contributed by atoms with Crippen LogP contribution >= 0.6 is 0 Å². The second kappa shape index (κ2) is 6.12. The molecule has 0 heterocycles. The van der Waals surface area contributed by atoms with Crippen LogP contribution in [0.4, 0.5) is 0 Å². The van der Waals surface area contributed by atoms with Crippen molar-refractivity contribution in [1.29, 1.82) is 0 Å². The van der Waals surface area contributed by atoms with Gasteiger partial charge in [0.1, 0.15) is 5.75 Å². The van der Waals surface area contributed by atoms with Crippen molar-refractivity contribution < 1.29 is 14.6 Å². The quantitative estimate of drug-likeness (QED) is 0.788. The predicted molar refractivity (Wildman–Crippen MR) is 61.6 cm³/mol. The van der Waals surface area contributed by atoms with Crippen molar-refractivity contribution in [3.8, 4) is 5.75 Å². The molecule has 0 spiro atoms. The summed E-state index contributed by atoms with van der Waals surface area (Å²) in [6.07, 6.45) is 0.132. The molecular formula is C12H17NO3. The molecule has 4 heteroatoms. The van der Waals surface area contributed by atoms with E-state index in [1.165, 1.54) is 0 Å². The number of hydrogen-bond acceptors (Lipinski definition) is 3. The number of benzene rings is 1. The molecule has 0 aromatic heterocycles. The normalized spacial score (nSPS) is 11.9. The summed E-state index contributed by atoms with van der Waals surface area (Å²) in [7, 11) is 1.55. The molecule has 88 valence electrons. The fourth-order valence-corrected chi connectivity index (χ4v) is 1.22. The average molecular weight is 223 g/mol. The largest absolute Gasteiger partial charge is 0.497 e. The molecule has 1 amide bonds. The molecule has 0 saturated heterocycles. The van der Waals surface area contributed by atoms with Gasteiger partial charge in [0, 0.05) is 12.1 Å². The summed E-state index contributed by atoms with van der Waals surface area (Å²) >= 11 is 0. The van der Waals surface area contributed by atoms with Crippen LogP contribution in [0, 0.1) is 0 Å². The first kappa shape index (κ1) is 12.5. The van der Waals surface area contributed by atoms with Crippen molar-refractivity contribution in [2.45, 2.75) is 19.4 Å². The van der Waals surface area contributed by atoms with E-state index in [-0.39, 0.29) is 12.5 Å². The number of nitrogens with one attached hydrogen (secondary N) is 1. The van der Waals surface area contributed by atoms with E-state index in [2.05, 4.69) is 5.32 Å². The highest BCUT2D eigenvalue weighted by molar-refractivity contribution is 5.94. The zero-order valence-electron chi connectivity index (χ0n) is 9.56. The van der Waals surface area contributed by atoms with Gasteiger partial charge in [-0.3, -0.25) is 4.79 Å². The first-order valence-electron chi connectivity index (χ1n) is 5.27. The Morgan fingerprint density at radius 2 is 2.31 bits per heavy atom. The Hall–Kier alpha value is -1.55. The van der Waals surface area contributed by atoms with Gasteiger partial charge in [0.05, 0.1) is 13.2 Å². The maximum atomic E-state index is 11.7. The van der Waals surface area contributed by atoms with E-state index in [1.54, 1.807) is 31.4 Å². The van der Waals surface area contributed by atoms with Gasteiger partial charge in [-0.25, -0.2) is 0 Å². The zero-order chi connectivity index (χ0) is 12.0. The second-order valence-electron chi connectivity index (χ2n) is 3.50. The molecule has 0 aliphatic carbocycles. The third kappa shape index (κ3) is 3.55. The van der Waals surface area contributed by atoms with E-state index in [4.69, 9.17) is 4.74 Å². The van der Waals surface area contributed by atoms with Crippen LogP contribution in [0.3, 0.4) is 0 Å². The maximum Gasteiger partial charge on any atom is 0.251 e. The van der Waals surface area contributed by atoms with Crippen LogP contribution in [0.25, 0.3) is 0 Å². The third-order valence-electron chi connectivity index (χ3n) is 2.30. The van der Waals surface area contributed by atoms with Crippen LogP contribution in [0.5, 0.6) is 5.75 Å². The summed E-state index contributed by atoms with van der Waals surface area (Å²) in [5.41, 5.74) is 0.530. The lowest BCUT2D eigenvalue weighted by Crippen LogP contribution is -2.31. The van der Waals surface area contributed by atoms with Gasteiger partial charge >= 0.3 is 0 Å². The lowest BCUT2D eigenvalue weighted by Gasteiger charge is -2.09. The number of carbonyl (C=O) groups is 1. The van der Waals surface area contributed by atoms with Gasteiger partial charge < -0.3 is 15.2 Å². The fraction of sp³-hybridized carbons (Fsp3) is 0.417. The number of amides is 1. The summed E-state index contributed by atoms with van der Waals surface area (Å²) in [6.45, 7) is 2.13. The topological polar surface area (TPSA) is 58.6 Å². The zero-order valence-corrected chi connectivity index (χ0v) is 9.56. The SMILES string of the molecule is CCC(O)CNC(=O)c1cccc(OC)c1. The lowest BCUT2D eigenvalue weighted by atomic mass is 10.2. The molecule has 0 radical (unpaired) electrons. The number of methoxy groups -OCH3 is 1. The minimum atomic E-state index is -0.491. The number of aliphatic hydroxyl groups excluding tert-OH is 1. The summed E-state index contributed by atoms with van der Waals surface area (Å²) < 4.78 is 5.02. The van der Waals surface area contributed by atoms with Crippen LogP contribution in [0.1, 0.15) is 23.7 Å². The molecule has 2 N–H and O–H groups in total. The smallest absolute Gasteiger partial charge is 0.251 e. The molecule has 1 unspecified atom stereocenters. The Morgan fingerprint density at radius 1 is 1.56 bits per heavy atom. The van der Waals surface area contributed by atoms with Gasteiger partial charge in [-0.15, -0.1) is 0 Å². The molecule has 1 aromatic carbocycles. The van der Waals surface area contributed by atoms with Crippen molar-refractivity contribution in [2.75, 3.05) is 13.7 Å². The Bertz CT molecular complexity index is 352. The monoisotopic (exact) mass is 223 g/mol. The average Bonchev–Trinajstić information content (AvgIpc) is 2.35.